The molecule has 2 heterocycles. The first kappa shape index (κ1) is 18.7. The Labute approximate surface area is 133 Å². The highest BCUT2D eigenvalue weighted by Gasteiger charge is 2.35. The van der Waals surface area contributed by atoms with Gasteiger partial charge in [0.15, 0.2) is 0 Å². The highest BCUT2D eigenvalue weighted by molar-refractivity contribution is 5.85. The summed E-state index contributed by atoms with van der Waals surface area (Å²) in [6.45, 7) is 5.50. The van der Waals surface area contributed by atoms with Crippen LogP contribution in [0.3, 0.4) is 0 Å². The van der Waals surface area contributed by atoms with Crippen molar-refractivity contribution in [2.24, 2.45) is 5.41 Å². The summed E-state index contributed by atoms with van der Waals surface area (Å²) in [6.07, 6.45) is 4.95. The van der Waals surface area contributed by atoms with Gasteiger partial charge < -0.3 is 20.1 Å². The lowest BCUT2D eigenvalue weighted by Gasteiger charge is -2.37. The summed E-state index contributed by atoms with van der Waals surface area (Å²) in [5, 5.41) is 6.45. The Bertz CT molecular complexity index is 317. The minimum atomic E-state index is -0.249. The van der Waals surface area contributed by atoms with Crippen molar-refractivity contribution in [1.29, 1.82) is 0 Å². The molecule has 124 valence electrons. The standard InChI is InChI=1S/C15H28N2O3.ClH/c1-3-12-4-5-13(20-12)14(18)17-10-15(11-19-2)6-8-16-9-7-15;/h12-13,16H,3-11H2,1-2H3,(H,17,18);1H. The van der Waals surface area contributed by atoms with E-state index in [-0.39, 0.29) is 35.9 Å². The first-order valence-corrected chi connectivity index (χ1v) is 7.82. The van der Waals surface area contributed by atoms with Gasteiger partial charge in [0.2, 0.25) is 5.91 Å². The third-order valence-electron chi connectivity index (χ3n) is 4.61. The van der Waals surface area contributed by atoms with Crippen molar-refractivity contribution in [1.82, 2.24) is 10.6 Å². The first-order valence-electron chi connectivity index (χ1n) is 7.82. The van der Waals surface area contributed by atoms with Gasteiger partial charge >= 0.3 is 0 Å². The third kappa shape index (κ3) is 5.09. The Morgan fingerprint density at radius 2 is 2.10 bits per heavy atom. The summed E-state index contributed by atoms with van der Waals surface area (Å²) >= 11 is 0. The van der Waals surface area contributed by atoms with E-state index >= 15 is 0 Å². The van der Waals surface area contributed by atoms with Gasteiger partial charge in [0.1, 0.15) is 6.10 Å². The van der Waals surface area contributed by atoms with E-state index in [1.54, 1.807) is 7.11 Å². The van der Waals surface area contributed by atoms with E-state index in [4.69, 9.17) is 9.47 Å². The molecule has 0 radical (unpaired) electrons. The van der Waals surface area contributed by atoms with Crippen molar-refractivity contribution in [3.63, 3.8) is 0 Å². The van der Waals surface area contributed by atoms with Crippen LogP contribution in [0, 0.1) is 5.41 Å². The van der Waals surface area contributed by atoms with Crippen LogP contribution in [0.15, 0.2) is 0 Å². The monoisotopic (exact) mass is 320 g/mol. The molecule has 2 unspecified atom stereocenters. The van der Waals surface area contributed by atoms with Crippen LogP contribution < -0.4 is 10.6 Å². The van der Waals surface area contributed by atoms with Gasteiger partial charge in [-0.25, -0.2) is 0 Å². The van der Waals surface area contributed by atoms with Crippen LogP contribution in [0.2, 0.25) is 0 Å². The molecular weight excluding hydrogens is 292 g/mol. The number of halogens is 1. The first-order chi connectivity index (χ1) is 9.69. The molecule has 2 N–H and O–H groups in total. The second-order valence-electron chi connectivity index (χ2n) is 6.13. The largest absolute Gasteiger partial charge is 0.384 e. The van der Waals surface area contributed by atoms with Gasteiger partial charge in [-0.1, -0.05) is 6.92 Å². The predicted octanol–water partition coefficient (Wildman–Crippen LogP) is 1.50. The number of hydrogen-bond donors (Lipinski definition) is 2. The Kier molecular flexibility index (Phi) is 7.95. The fourth-order valence-corrected chi connectivity index (χ4v) is 3.22. The van der Waals surface area contributed by atoms with Crippen LogP contribution in [0.25, 0.3) is 0 Å². The minimum absolute atomic E-state index is 0. The molecule has 0 spiro atoms. The van der Waals surface area contributed by atoms with Crippen LogP contribution in [0.1, 0.15) is 39.0 Å². The van der Waals surface area contributed by atoms with Gasteiger partial charge in [-0.3, -0.25) is 4.79 Å². The molecule has 0 aromatic heterocycles. The van der Waals surface area contributed by atoms with Crippen LogP contribution >= 0.6 is 12.4 Å². The number of hydrogen-bond acceptors (Lipinski definition) is 4. The van der Waals surface area contributed by atoms with E-state index in [2.05, 4.69) is 17.6 Å². The number of carbonyl (C=O) groups is 1. The normalized spacial score (nSPS) is 27.9. The van der Waals surface area contributed by atoms with E-state index < -0.39 is 0 Å². The zero-order valence-electron chi connectivity index (χ0n) is 13.2. The van der Waals surface area contributed by atoms with Crippen molar-refractivity contribution < 1.29 is 14.3 Å². The maximum absolute atomic E-state index is 12.2. The molecule has 2 aliphatic heterocycles. The SMILES string of the molecule is CCC1CCC(C(=O)NCC2(COC)CCNCC2)O1.Cl. The number of nitrogens with one attached hydrogen (secondary N) is 2. The lowest BCUT2D eigenvalue weighted by Crippen LogP contribution is -2.48. The Morgan fingerprint density at radius 3 is 2.67 bits per heavy atom. The number of carbonyl (C=O) groups excluding carboxylic acids is 1. The molecule has 0 aromatic carbocycles. The maximum atomic E-state index is 12.2. The van der Waals surface area contributed by atoms with Crippen molar-refractivity contribution >= 4 is 18.3 Å². The zero-order valence-corrected chi connectivity index (χ0v) is 14.0. The lowest BCUT2D eigenvalue weighted by molar-refractivity contribution is -0.133. The Balaban J connectivity index is 0.00000220. The summed E-state index contributed by atoms with van der Waals surface area (Å²) in [5.41, 5.74) is 0.0818. The number of amides is 1. The highest BCUT2D eigenvalue weighted by Crippen LogP contribution is 2.28. The molecule has 6 heteroatoms. The molecule has 1 amide bonds. The van der Waals surface area contributed by atoms with Gasteiger partial charge in [0.05, 0.1) is 12.7 Å². The average Bonchev–Trinajstić information content (AvgIpc) is 2.95. The van der Waals surface area contributed by atoms with Crippen molar-refractivity contribution in [3.05, 3.63) is 0 Å². The second-order valence-corrected chi connectivity index (χ2v) is 6.13. The maximum Gasteiger partial charge on any atom is 0.249 e. The van der Waals surface area contributed by atoms with Gasteiger partial charge in [0, 0.05) is 19.1 Å². The van der Waals surface area contributed by atoms with Crippen LogP contribution in [0.5, 0.6) is 0 Å². The molecule has 0 aliphatic carbocycles. The van der Waals surface area contributed by atoms with Crippen molar-refractivity contribution in [2.45, 2.75) is 51.2 Å². The molecule has 21 heavy (non-hydrogen) atoms. The van der Waals surface area contributed by atoms with E-state index in [9.17, 15) is 4.79 Å². The molecule has 0 saturated carbocycles. The Morgan fingerprint density at radius 1 is 1.38 bits per heavy atom. The zero-order chi connectivity index (χ0) is 14.4. The van der Waals surface area contributed by atoms with Gasteiger partial charge in [-0.05, 0) is 45.2 Å². The molecule has 2 saturated heterocycles. The highest BCUT2D eigenvalue weighted by atomic mass is 35.5. The molecule has 2 rings (SSSR count). The minimum Gasteiger partial charge on any atom is -0.384 e. The van der Waals surface area contributed by atoms with Crippen LogP contribution in [0.4, 0.5) is 0 Å². The molecular formula is C15H29ClN2O3. The van der Waals surface area contributed by atoms with E-state index in [0.29, 0.717) is 13.2 Å². The molecule has 2 atom stereocenters. The second kappa shape index (κ2) is 8.93. The third-order valence-corrected chi connectivity index (χ3v) is 4.61. The van der Waals surface area contributed by atoms with Crippen LogP contribution in [-0.2, 0) is 14.3 Å². The van der Waals surface area contributed by atoms with Gasteiger partial charge in [0.25, 0.3) is 0 Å². The lowest BCUT2D eigenvalue weighted by atomic mass is 9.79. The Hall–Kier alpha value is -0.360. The molecule has 2 fully saturated rings. The number of ether oxygens (including phenoxy) is 2. The van der Waals surface area contributed by atoms with Crippen molar-refractivity contribution in [2.75, 3.05) is 33.4 Å². The van der Waals surface area contributed by atoms with E-state index in [0.717, 1.165) is 45.2 Å². The summed E-state index contributed by atoms with van der Waals surface area (Å²) < 4.78 is 11.1. The fourth-order valence-electron chi connectivity index (χ4n) is 3.22. The molecule has 5 nitrogen and oxygen atoms in total. The molecule has 2 aliphatic rings. The fraction of sp³-hybridized carbons (Fsp3) is 0.933. The number of methoxy groups -OCH3 is 1. The summed E-state index contributed by atoms with van der Waals surface area (Å²) in [5.74, 6) is 0.0509. The summed E-state index contributed by atoms with van der Waals surface area (Å²) in [7, 11) is 1.73. The number of rotatable bonds is 6. The van der Waals surface area contributed by atoms with Gasteiger partial charge in [-0.15, -0.1) is 12.4 Å². The van der Waals surface area contributed by atoms with E-state index in [1.165, 1.54) is 0 Å². The van der Waals surface area contributed by atoms with Gasteiger partial charge in [-0.2, -0.15) is 0 Å². The van der Waals surface area contributed by atoms with Crippen molar-refractivity contribution in [3.8, 4) is 0 Å². The summed E-state index contributed by atoms with van der Waals surface area (Å²) in [4.78, 5) is 12.2. The average molecular weight is 321 g/mol. The topological polar surface area (TPSA) is 59.6 Å². The number of piperidine rings is 1. The van der Waals surface area contributed by atoms with Crippen LogP contribution in [-0.4, -0.2) is 51.5 Å². The molecule has 0 bridgehead atoms. The predicted molar refractivity (Wildman–Crippen MR) is 84.9 cm³/mol. The van der Waals surface area contributed by atoms with E-state index in [1.807, 2.05) is 0 Å². The molecule has 0 aromatic rings. The smallest absolute Gasteiger partial charge is 0.249 e. The quantitative estimate of drug-likeness (QED) is 0.778. The summed E-state index contributed by atoms with van der Waals surface area (Å²) in [6, 6.07) is 0.